The largest absolute Gasteiger partial charge is 0.508 e. The van der Waals surface area contributed by atoms with Crippen molar-refractivity contribution in [1.29, 1.82) is 0 Å². The first-order valence-electron chi connectivity index (χ1n) is 9.51. The summed E-state index contributed by atoms with van der Waals surface area (Å²) >= 11 is 0. The van der Waals surface area contributed by atoms with E-state index < -0.39 is 5.92 Å². The van der Waals surface area contributed by atoms with E-state index in [0.29, 0.717) is 25.1 Å². The molecule has 0 amide bonds. The highest BCUT2D eigenvalue weighted by Gasteiger charge is 2.23. The second kappa shape index (κ2) is 11.7. The molecule has 1 unspecified atom stereocenters. The molecule has 0 aromatic carbocycles. The molecule has 4 nitrogen and oxygen atoms in total. The topological polar surface area (TPSA) is 49.8 Å². The van der Waals surface area contributed by atoms with Crippen LogP contribution in [-0.2, 0) is 9.53 Å². The molecule has 0 fully saturated rings. The zero-order valence-corrected chi connectivity index (χ0v) is 17.4. The molecule has 0 saturated heterocycles. The highest BCUT2D eigenvalue weighted by Crippen LogP contribution is 2.25. The number of allylic oxidation sites excluding steroid dienone is 8. The Hall–Kier alpha value is -2.93. The lowest BCUT2D eigenvalue weighted by Crippen LogP contribution is -2.24. The third-order valence-electron chi connectivity index (χ3n) is 4.60. The molecule has 28 heavy (non-hydrogen) atoms. The van der Waals surface area contributed by atoms with E-state index in [0.717, 1.165) is 23.3 Å². The Kier molecular flexibility index (Phi) is 9.67. The number of aliphatic hydroxyl groups excluding tert-OH is 1. The first-order valence-corrected chi connectivity index (χ1v) is 9.51. The fourth-order valence-electron chi connectivity index (χ4n) is 2.88. The van der Waals surface area contributed by atoms with Crippen molar-refractivity contribution < 1.29 is 14.6 Å². The number of esters is 1. The van der Waals surface area contributed by atoms with Crippen LogP contribution in [0.15, 0.2) is 71.2 Å². The zero-order valence-electron chi connectivity index (χ0n) is 17.4. The number of hydrogen-bond donors (Lipinski definition) is 1. The van der Waals surface area contributed by atoms with Gasteiger partial charge in [-0.25, -0.2) is 4.79 Å². The van der Waals surface area contributed by atoms with Crippen molar-refractivity contribution in [1.82, 2.24) is 4.90 Å². The minimum absolute atomic E-state index is 0.181. The summed E-state index contributed by atoms with van der Waals surface area (Å²) in [5, 5.41) is 9.91. The average Bonchev–Trinajstić information content (AvgIpc) is 2.72. The molecule has 1 N–H and O–H groups in total. The standard InChI is InChI=1S/C24H31NO3/c1-7-11-22(26)17-19(8-2)16-20-12-13-21(9-3)23(24(27)28-10-4)18(5)25(6)15-14-20/h3,7,11-14,17,21,26H,1,8,10,15-16H2,2,4-6H3/b13-12-,19-17-,20-14+,22-11+,23-18+. The molecule has 0 saturated carbocycles. The van der Waals surface area contributed by atoms with E-state index in [9.17, 15) is 9.90 Å². The van der Waals surface area contributed by atoms with Crippen molar-refractivity contribution in [2.75, 3.05) is 20.2 Å². The van der Waals surface area contributed by atoms with Gasteiger partial charge in [0.15, 0.2) is 0 Å². The lowest BCUT2D eigenvalue weighted by molar-refractivity contribution is -0.139. The van der Waals surface area contributed by atoms with Gasteiger partial charge in [0.2, 0.25) is 0 Å². The van der Waals surface area contributed by atoms with Crippen LogP contribution < -0.4 is 0 Å². The first kappa shape index (κ1) is 23.1. The van der Waals surface area contributed by atoms with Crippen molar-refractivity contribution in [3.63, 3.8) is 0 Å². The second-order valence-corrected chi connectivity index (χ2v) is 6.54. The van der Waals surface area contributed by atoms with Gasteiger partial charge in [0.25, 0.3) is 0 Å². The summed E-state index contributed by atoms with van der Waals surface area (Å²) in [4.78, 5) is 14.5. The molecule has 1 atom stereocenters. The van der Waals surface area contributed by atoms with Crippen LogP contribution in [0.5, 0.6) is 0 Å². The SMILES string of the molecule is C#CC1/C=C\C(C/C(=C\C(O)=C/C=C)CC)=C/CN(C)/C(C)=C\1C(=O)OCC. The average molecular weight is 382 g/mol. The summed E-state index contributed by atoms with van der Waals surface area (Å²) in [6.07, 6.45) is 18.0. The Morgan fingerprint density at radius 2 is 2.21 bits per heavy atom. The molecule has 0 aliphatic carbocycles. The number of ether oxygens (including phenoxy) is 1. The molecule has 0 bridgehead atoms. The Balaban J connectivity index is 3.24. The lowest BCUT2D eigenvalue weighted by Gasteiger charge is -2.22. The molecule has 1 aliphatic heterocycles. The number of likely N-dealkylation sites (N-methyl/N-ethyl adjacent to an activating group) is 1. The van der Waals surface area contributed by atoms with Gasteiger partial charge in [-0.3, -0.25) is 0 Å². The smallest absolute Gasteiger partial charge is 0.337 e. The highest BCUT2D eigenvalue weighted by molar-refractivity contribution is 5.91. The Morgan fingerprint density at radius 1 is 1.50 bits per heavy atom. The van der Waals surface area contributed by atoms with Gasteiger partial charge >= 0.3 is 5.97 Å². The van der Waals surface area contributed by atoms with Gasteiger partial charge in [-0.05, 0) is 44.4 Å². The van der Waals surface area contributed by atoms with Gasteiger partial charge in [0.05, 0.1) is 18.1 Å². The number of carbonyl (C=O) groups is 1. The molecule has 0 aromatic rings. The van der Waals surface area contributed by atoms with Gasteiger partial charge in [-0.1, -0.05) is 49.3 Å². The van der Waals surface area contributed by atoms with Crippen molar-refractivity contribution in [2.45, 2.75) is 33.6 Å². The van der Waals surface area contributed by atoms with E-state index in [1.807, 2.05) is 37.9 Å². The van der Waals surface area contributed by atoms with Crippen LogP contribution in [0.3, 0.4) is 0 Å². The van der Waals surface area contributed by atoms with Crippen LogP contribution in [0.2, 0.25) is 0 Å². The van der Waals surface area contributed by atoms with E-state index in [2.05, 4.69) is 18.6 Å². The third-order valence-corrected chi connectivity index (χ3v) is 4.60. The molecule has 1 aliphatic rings. The van der Waals surface area contributed by atoms with Crippen molar-refractivity contribution in [3.05, 3.63) is 71.2 Å². The van der Waals surface area contributed by atoms with E-state index in [4.69, 9.17) is 11.2 Å². The molecule has 1 heterocycles. The minimum Gasteiger partial charge on any atom is -0.508 e. The third kappa shape index (κ3) is 6.66. The van der Waals surface area contributed by atoms with E-state index in [1.54, 1.807) is 25.2 Å². The Morgan fingerprint density at radius 3 is 2.79 bits per heavy atom. The van der Waals surface area contributed by atoms with Gasteiger partial charge in [-0.2, -0.15) is 0 Å². The quantitative estimate of drug-likeness (QED) is 0.296. The van der Waals surface area contributed by atoms with Crippen LogP contribution in [0.25, 0.3) is 0 Å². The highest BCUT2D eigenvalue weighted by atomic mass is 16.5. The van der Waals surface area contributed by atoms with Gasteiger partial charge in [0.1, 0.15) is 5.76 Å². The maximum absolute atomic E-state index is 12.5. The molecule has 150 valence electrons. The summed E-state index contributed by atoms with van der Waals surface area (Å²) in [6, 6.07) is 0. The van der Waals surface area contributed by atoms with Crippen molar-refractivity contribution in [2.24, 2.45) is 5.92 Å². The molecule has 4 heteroatoms. The van der Waals surface area contributed by atoms with E-state index in [1.165, 1.54) is 0 Å². The predicted molar refractivity (Wildman–Crippen MR) is 115 cm³/mol. The summed E-state index contributed by atoms with van der Waals surface area (Å²) in [6.45, 7) is 10.2. The minimum atomic E-state index is -0.467. The normalized spacial score (nSPS) is 24.2. The van der Waals surface area contributed by atoms with Gasteiger partial charge in [-0.15, -0.1) is 6.42 Å². The number of hydrogen-bond acceptors (Lipinski definition) is 4. The fraction of sp³-hybridized carbons (Fsp3) is 0.375. The number of nitrogens with zero attached hydrogens (tertiary/aromatic N) is 1. The molecule has 1 rings (SSSR count). The van der Waals surface area contributed by atoms with Crippen LogP contribution >= 0.6 is 0 Å². The summed E-state index contributed by atoms with van der Waals surface area (Å²) in [5.74, 6) is 2.04. The van der Waals surface area contributed by atoms with Crippen LogP contribution in [0.4, 0.5) is 0 Å². The Labute approximate surface area is 169 Å². The van der Waals surface area contributed by atoms with Crippen LogP contribution in [-0.4, -0.2) is 36.2 Å². The number of carbonyl (C=O) groups excluding carboxylic acids is 1. The summed E-state index contributed by atoms with van der Waals surface area (Å²) in [7, 11) is 1.93. The van der Waals surface area contributed by atoms with Crippen LogP contribution in [0.1, 0.15) is 33.6 Å². The summed E-state index contributed by atoms with van der Waals surface area (Å²) in [5.41, 5.74) is 3.46. The second-order valence-electron chi connectivity index (χ2n) is 6.54. The molecule has 0 aromatic heterocycles. The fourth-order valence-corrected chi connectivity index (χ4v) is 2.88. The maximum Gasteiger partial charge on any atom is 0.337 e. The molecule has 0 spiro atoms. The van der Waals surface area contributed by atoms with Crippen molar-refractivity contribution in [3.8, 4) is 12.3 Å². The van der Waals surface area contributed by atoms with Gasteiger partial charge in [0, 0.05) is 19.3 Å². The predicted octanol–water partition coefficient (Wildman–Crippen LogP) is 4.86. The summed E-state index contributed by atoms with van der Waals surface area (Å²) < 4.78 is 5.22. The maximum atomic E-state index is 12.5. The number of terminal acetylenes is 1. The molecular weight excluding hydrogens is 350 g/mol. The van der Waals surface area contributed by atoms with Gasteiger partial charge < -0.3 is 14.7 Å². The number of rotatable bonds is 7. The lowest BCUT2D eigenvalue weighted by atomic mass is 9.95. The van der Waals surface area contributed by atoms with Crippen molar-refractivity contribution >= 4 is 5.97 Å². The van der Waals surface area contributed by atoms with E-state index in [-0.39, 0.29) is 11.7 Å². The number of aliphatic hydroxyl groups is 1. The first-order chi connectivity index (χ1) is 13.4. The Bertz CT molecular complexity index is 772. The van der Waals surface area contributed by atoms with E-state index >= 15 is 0 Å². The zero-order chi connectivity index (χ0) is 21.1. The van der Waals surface area contributed by atoms with Crippen LogP contribution in [0, 0.1) is 18.3 Å². The molecule has 0 radical (unpaired) electrons. The molecular formula is C24H31NO3. The monoisotopic (exact) mass is 381 g/mol.